The normalized spacial score (nSPS) is 19.8. The van der Waals surface area contributed by atoms with E-state index in [9.17, 15) is 0 Å². The Balaban J connectivity index is 1.79. The molecular weight excluding hydrogens is 248 g/mol. The molecule has 1 saturated heterocycles. The van der Waals surface area contributed by atoms with Crippen LogP contribution in [0.4, 0.5) is 0 Å². The van der Waals surface area contributed by atoms with Gasteiger partial charge in [0.25, 0.3) is 0 Å². The fraction of sp³-hybridized carbons (Fsp3) is 0.294. The Morgan fingerprint density at radius 2 is 1.85 bits per heavy atom. The molecule has 2 aromatic rings. The molecule has 1 N–H and O–H groups in total. The van der Waals surface area contributed by atoms with E-state index in [-0.39, 0.29) is 0 Å². The second kappa shape index (κ2) is 6.07. The number of nitrogens with one attached hydrogen (secondary N) is 1. The number of piperazine rings is 1. The lowest BCUT2D eigenvalue weighted by atomic mass is 10.0. The van der Waals surface area contributed by atoms with Gasteiger partial charge >= 0.3 is 0 Å². The molecule has 2 aromatic carbocycles. The van der Waals surface area contributed by atoms with Crippen molar-refractivity contribution in [1.29, 1.82) is 0 Å². The van der Waals surface area contributed by atoms with Crippen molar-refractivity contribution in [2.75, 3.05) is 26.7 Å². The van der Waals surface area contributed by atoms with Crippen molar-refractivity contribution in [3.63, 3.8) is 0 Å². The average molecular weight is 268 g/mol. The molecule has 0 amide bonds. The van der Waals surface area contributed by atoms with Crippen LogP contribution in [-0.2, 0) is 0 Å². The fourth-order valence-electron chi connectivity index (χ4n) is 2.59. The van der Waals surface area contributed by atoms with Crippen LogP contribution >= 0.6 is 0 Å². The summed E-state index contributed by atoms with van der Waals surface area (Å²) >= 11 is 0. The highest BCUT2D eigenvalue weighted by atomic mass is 16.5. The Hall–Kier alpha value is -1.84. The molecule has 1 heterocycles. The first-order valence-corrected chi connectivity index (χ1v) is 7.07. The van der Waals surface area contributed by atoms with Crippen LogP contribution in [0.2, 0.25) is 0 Å². The molecular formula is C17H20N2O. The van der Waals surface area contributed by atoms with Gasteiger partial charge in [-0.1, -0.05) is 30.3 Å². The van der Waals surface area contributed by atoms with Crippen LogP contribution in [0.1, 0.15) is 11.6 Å². The molecule has 0 saturated carbocycles. The van der Waals surface area contributed by atoms with E-state index in [0.29, 0.717) is 6.04 Å². The summed E-state index contributed by atoms with van der Waals surface area (Å²) in [4.78, 5) is 2.39. The third-order valence-electron chi connectivity index (χ3n) is 3.73. The van der Waals surface area contributed by atoms with Crippen molar-refractivity contribution in [1.82, 2.24) is 10.2 Å². The number of hydrogen-bond donors (Lipinski definition) is 1. The van der Waals surface area contributed by atoms with Crippen molar-refractivity contribution in [3.8, 4) is 11.5 Å². The molecule has 0 radical (unpaired) electrons. The average Bonchev–Trinajstić information content (AvgIpc) is 2.49. The predicted octanol–water partition coefficient (Wildman–Crippen LogP) is 3.06. The van der Waals surface area contributed by atoms with Gasteiger partial charge in [0, 0.05) is 25.7 Å². The largest absolute Gasteiger partial charge is 0.457 e. The highest BCUT2D eigenvalue weighted by molar-refractivity contribution is 5.35. The quantitative estimate of drug-likeness (QED) is 0.926. The third-order valence-corrected chi connectivity index (χ3v) is 3.73. The van der Waals surface area contributed by atoms with E-state index in [4.69, 9.17) is 4.74 Å². The summed E-state index contributed by atoms with van der Waals surface area (Å²) in [6.07, 6.45) is 0. The summed E-state index contributed by atoms with van der Waals surface area (Å²) in [6, 6.07) is 18.7. The number of nitrogens with zero attached hydrogens (tertiary/aromatic N) is 1. The Kier molecular flexibility index (Phi) is 4.00. The first-order chi connectivity index (χ1) is 9.83. The van der Waals surface area contributed by atoms with E-state index >= 15 is 0 Å². The number of para-hydroxylation sites is 1. The topological polar surface area (TPSA) is 24.5 Å². The lowest BCUT2D eigenvalue weighted by Gasteiger charge is -2.33. The first kappa shape index (κ1) is 13.2. The molecule has 0 aliphatic carbocycles. The molecule has 3 nitrogen and oxygen atoms in total. The maximum atomic E-state index is 5.91. The van der Waals surface area contributed by atoms with Gasteiger partial charge in [-0.3, -0.25) is 4.90 Å². The Morgan fingerprint density at radius 1 is 1.05 bits per heavy atom. The first-order valence-electron chi connectivity index (χ1n) is 7.07. The zero-order valence-corrected chi connectivity index (χ0v) is 11.8. The third kappa shape index (κ3) is 3.00. The standard InChI is InChI=1S/C17H20N2O/c1-19-11-10-18-13-17(19)14-6-5-9-16(12-14)20-15-7-3-2-4-8-15/h2-9,12,17-18H,10-11,13H2,1H3. The van der Waals surface area contributed by atoms with Crippen molar-refractivity contribution in [2.45, 2.75) is 6.04 Å². The molecule has 0 bridgehead atoms. The maximum absolute atomic E-state index is 5.91. The number of rotatable bonds is 3. The number of hydrogen-bond acceptors (Lipinski definition) is 3. The summed E-state index contributed by atoms with van der Waals surface area (Å²) in [7, 11) is 2.18. The highest BCUT2D eigenvalue weighted by Crippen LogP contribution is 2.27. The van der Waals surface area contributed by atoms with E-state index in [1.807, 2.05) is 36.4 Å². The van der Waals surface area contributed by atoms with Gasteiger partial charge < -0.3 is 10.1 Å². The van der Waals surface area contributed by atoms with Gasteiger partial charge in [-0.05, 0) is 36.9 Å². The van der Waals surface area contributed by atoms with Crippen molar-refractivity contribution in [2.24, 2.45) is 0 Å². The number of likely N-dealkylation sites (N-methyl/N-ethyl adjacent to an activating group) is 1. The van der Waals surface area contributed by atoms with Crippen molar-refractivity contribution < 1.29 is 4.74 Å². The fourth-order valence-corrected chi connectivity index (χ4v) is 2.59. The lowest BCUT2D eigenvalue weighted by Crippen LogP contribution is -2.43. The van der Waals surface area contributed by atoms with Crippen molar-refractivity contribution in [3.05, 3.63) is 60.2 Å². The van der Waals surface area contributed by atoms with Gasteiger partial charge in [0.1, 0.15) is 11.5 Å². The summed E-state index contributed by atoms with van der Waals surface area (Å²) in [5.74, 6) is 1.77. The molecule has 3 heteroatoms. The summed E-state index contributed by atoms with van der Waals surface area (Å²) in [5, 5.41) is 3.45. The van der Waals surface area contributed by atoms with Crippen LogP contribution in [0.3, 0.4) is 0 Å². The van der Waals surface area contributed by atoms with Crippen LogP contribution in [0.5, 0.6) is 11.5 Å². The van der Waals surface area contributed by atoms with E-state index in [2.05, 4.69) is 35.5 Å². The number of ether oxygens (including phenoxy) is 1. The molecule has 0 aromatic heterocycles. The van der Waals surface area contributed by atoms with Gasteiger partial charge in [-0.15, -0.1) is 0 Å². The zero-order chi connectivity index (χ0) is 13.8. The Bertz CT molecular complexity index is 556. The Morgan fingerprint density at radius 3 is 2.65 bits per heavy atom. The lowest BCUT2D eigenvalue weighted by molar-refractivity contribution is 0.202. The van der Waals surface area contributed by atoms with Gasteiger partial charge in [-0.2, -0.15) is 0 Å². The maximum Gasteiger partial charge on any atom is 0.127 e. The monoisotopic (exact) mass is 268 g/mol. The molecule has 1 aliphatic rings. The molecule has 3 rings (SSSR count). The summed E-state index contributed by atoms with van der Waals surface area (Å²) in [5.41, 5.74) is 1.30. The second-order valence-corrected chi connectivity index (χ2v) is 5.19. The smallest absolute Gasteiger partial charge is 0.127 e. The van der Waals surface area contributed by atoms with Crippen LogP contribution < -0.4 is 10.1 Å². The van der Waals surface area contributed by atoms with Crippen LogP contribution in [-0.4, -0.2) is 31.6 Å². The summed E-state index contributed by atoms with van der Waals surface area (Å²) < 4.78 is 5.91. The van der Waals surface area contributed by atoms with Crippen molar-refractivity contribution >= 4 is 0 Å². The second-order valence-electron chi connectivity index (χ2n) is 5.19. The van der Waals surface area contributed by atoms with Gasteiger partial charge in [0.15, 0.2) is 0 Å². The van der Waals surface area contributed by atoms with E-state index in [0.717, 1.165) is 31.1 Å². The van der Waals surface area contributed by atoms with E-state index in [1.165, 1.54) is 5.56 Å². The highest BCUT2D eigenvalue weighted by Gasteiger charge is 2.20. The van der Waals surface area contributed by atoms with Crippen LogP contribution in [0.25, 0.3) is 0 Å². The minimum atomic E-state index is 0.420. The molecule has 104 valence electrons. The minimum Gasteiger partial charge on any atom is -0.457 e. The van der Waals surface area contributed by atoms with Crippen LogP contribution in [0.15, 0.2) is 54.6 Å². The van der Waals surface area contributed by atoms with E-state index < -0.39 is 0 Å². The van der Waals surface area contributed by atoms with Gasteiger partial charge in [0.05, 0.1) is 0 Å². The summed E-state index contributed by atoms with van der Waals surface area (Å²) in [6.45, 7) is 3.13. The molecule has 1 fully saturated rings. The van der Waals surface area contributed by atoms with E-state index in [1.54, 1.807) is 0 Å². The van der Waals surface area contributed by atoms with Gasteiger partial charge in [0.2, 0.25) is 0 Å². The molecule has 1 atom stereocenters. The molecule has 1 unspecified atom stereocenters. The zero-order valence-electron chi connectivity index (χ0n) is 11.8. The Labute approximate surface area is 120 Å². The predicted molar refractivity (Wildman–Crippen MR) is 81.2 cm³/mol. The molecule has 0 spiro atoms. The van der Waals surface area contributed by atoms with Gasteiger partial charge in [-0.25, -0.2) is 0 Å². The SMILES string of the molecule is CN1CCNCC1c1cccc(Oc2ccccc2)c1. The molecule has 1 aliphatic heterocycles. The minimum absolute atomic E-state index is 0.420. The number of benzene rings is 2. The van der Waals surface area contributed by atoms with Crippen LogP contribution in [0, 0.1) is 0 Å². The molecule has 20 heavy (non-hydrogen) atoms.